The Morgan fingerprint density at radius 2 is 1.88 bits per heavy atom. The number of hydrogen-bond donors (Lipinski definition) is 1. The number of aryl methyl sites for hydroxylation is 1. The second-order valence-corrected chi connectivity index (χ2v) is 4.18. The first-order valence-electron chi connectivity index (χ1n) is 5.83. The molecule has 0 amide bonds. The van der Waals surface area contributed by atoms with Crippen molar-refractivity contribution in [2.45, 2.75) is 33.7 Å². The summed E-state index contributed by atoms with van der Waals surface area (Å²) in [6, 6.07) is 0. The number of rotatable bonds is 5. The molecule has 16 heavy (non-hydrogen) atoms. The highest BCUT2D eigenvalue weighted by Gasteiger charge is 2.09. The van der Waals surface area contributed by atoms with Gasteiger partial charge in [-0.15, -0.1) is 0 Å². The van der Waals surface area contributed by atoms with Gasteiger partial charge in [-0.25, -0.2) is 9.97 Å². The van der Waals surface area contributed by atoms with Crippen LogP contribution in [0, 0.1) is 6.92 Å². The van der Waals surface area contributed by atoms with E-state index >= 15 is 0 Å². The van der Waals surface area contributed by atoms with Crippen molar-refractivity contribution in [2.24, 2.45) is 0 Å². The van der Waals surface area contributed by atoms with Gasteiger partial charge in [0.2, 0.25) is 0 Å². The van der Waals surface area contributed by atoms with Crippen LogP contribution in [-0.4, -0.2) is 35.5 Å². The molecule has 0 fully saturated rings. The fourth-order valence-corrected chi connectivity index (χ4v) is 1.65. The second kappa shape index (κ2) is 5.80. The summed E-state index contributed by atoms with van der Waals surface area (Å²) in [6.45, 7) is 7.97. The second-order valence-electron chi connectivity index (χ2n) is 4.18. The first-order chi connectivity index (χ1) is 7.58. The molecular weight excluding hydrogens is 200 g/mol. The minimum absolute atomic E-state index is 0.783. The molecule has 0 saturated carbocycles. The van der Waals surface area contributed by atoms with Crippen molar-refractivity contribution in [3.63, 3.8) is 0 Å². The maximum Gasteiger partial charge on any atom is 0.144 e. The molecule has 0 atom stereocenters. The molecule has 0 aliphatic rings. The third-order valence-electron chi connectivity index (χ3n) is 2.43. The van der Waals surface area contributed by atoms with Crippen LogP contribution in [0.5, 0.6) is 0 Å². The SMILES string of the molecule is CCNc1nc(CN(C)C)nc(CC)c1C. The van der Waals surface area contributed by atoms with Gasteiger partial charge in [-0.05, 0) is 34.4 Å². The Hall–Kier alpha value is -1.16. The van der Waals surface area contributed by atoms with Crippen LogP contribution >= 0.6 is 0 Å². The summed E-state index contributed by atoms with van der Waals surface area (Å²) in [5.74, 6) is 1.87. The fraction of sp³-hybridized carbons (Fsp3) is 0.667. The summed E-state index contributed by atoms with van der Waals surface area (Å²) in [5, 5.41) is 3.29. The van der Waals surface area contributed by atoms with Crippen molar-refractivity contribution in [3.05, 3.63) is 17.1 Å². The van der Waals surface area contributed by atoms with Gasteiger partial charge in [0.05, 0.1) is 6.54 Å². The van der Waals surface area contributed by atoms with E-state index < -0.39 is 0 Å². The lowest BCUT2D eigenvalue weighted by molar-refractivity contribution is 0.390. The van der Waals surface area contributed by atoms with Gasteiger partial charge >= 0.3 is 0 Å². The van der Waals surface area contributed by atoms with Crippen LogP contribution in [0.25, 0.3) is 0 Å². The Morgan fingerprint density at radius 1 is 1.19 bits per heavy atom. The molecule has 0 aromatic carbocycles. The third-order valence-corrected chi connectivity index (χ3v) is 2.43. The normalized spacial score (nSPS) is 10.9. The molecule has 0 bridgehead atoms. The van der Waals surface area contributed by atoms with Gasteiger partial charge in [-0.2, -0.15) is 0 Å². The Kier molecular flexibility index (Phi) is 4.68. The molecular formula is C12H22N4. The number of hydrogen-bond acceptors (Lipinski definition) is 4. The van der Waals surface area contributed by atoms with Gasteiger partial charge in [0, 0.05) is 17.8 Å². The van der Waals surface area contributed by atoms with Crippen molar-refractivity contribution in [3.8, 4) is 0 Å². The zero-order valence-electron chi connectivity index (χ0n) is 11.0. The third kappa shape index (κ3) is 3.17. The smallest absolute Gasteiger partial charge is 0.144 e. The van der Waals surface area contributed by atoms with E-state index in [0.29, 0.717) is 0 Å². The zero-order valence-corrected chi connectivity index (χ0v) is 11.0. The summed E-state index contributed by atoms with van der Waals surface area (Å²) in [6.07, 6.45) is 0.952. The fourth-order valence-electron chi connectivity index (χ4n) is 1.65. The van der Waals surface area contributed by atoms with E-state index in [1.54, 1.807) is 0 Å². The summed E-state index contributed by atoms with van der Waals surface area (Å²) >= 11 is 0. The summed E-state index contributed by atoms with van der Waals surface area (Å²) in [4.78, 5) is 11.2. The minimum atomic E-state index is 0.783. The van der Waals surface area contributed by atoms with Crippen LogP contribution in [0.3, 0.4) is 0 Å². The van der Waals surface area contributed by atoms with Gasteiger partial charge < -0.3 is 10.2 Å². The van der Waals surface area contributed by atoms with E-state index in [-0.39, 0.29) is 0 Å². The van der Waals surface area contributed by atoms with E-state index in [4.69, 9.17) is 0 Å². The standard InChI is InChI=1S/C12H22N4/c1-6-10-9(3)12(13-7-2)15-11(14-10)8-16(4)5/h6-8H2,1-5H3,(H,13,14,15). The van der Waals surface area contributed by atoms with Gasteiger partial charge in [0.15, 0.2) is 0 Å². The molecule has 4 heteroatoms. The molecule has 1 heterocycles. The lowest BCUT2D eigenvalue weighted by Gasteiger charge is -2.14. The first-order valence-corrected chi connectivity index (χ1v) is 5.83. The Morgan fingerprint density at radius 3 is 2.38 bits per heavy atom. The lowest BCUT2D eigenvalue weighted by Crippen LogP contribution is -2.16. The Labute approximate surface area is 98.1 Å². The van der Waals surface area contributed by atoms with E-state index in [2.05, 4.69) is 41.0 Å². The molecule has 0 radical (unpaired) electrons. The average Bonchev–Trinajstić information content (AvgIpc) is 2.22. The van der Waals surface area contributed by atoms with Crippen LogP contribution in [0.1, 0.15) is 30.9 Å². The molecule has 1 rings (SSSR count). The van der Waals surface area contributed by atoms with Crippen LogP contribution in [0.4, 0.5) is 5.82 Å². The quantitative estimate of drug-likeness (QED) is 0.825. The van der Waals surface area contributed by atoms with Crippen LogP contribution < -0.4 is 5.32 Å². The Balaban J connectivity index is 3.07. The largest absolute Gasteiger partial charge is 0.370 e. The molecule has 1 aromatic rings. The van der Waals surface area contributed by atoms with Crippen LogP contribution in [0.15, 0.2) is 0 Å². The summed E-state index contributed by atoms with van der Waals surface area (Å²) < 4.78 is 0. The van der Waals surface area contributed by atoms with E-state index in [9.17, 15) is 0 Å². The first kappa shape index (κ1) is 12.9. The summed E-state index contributed by atoms with van der Waals surface area (Å²) in [7, 11) is 4.06. The Bertz CT molecular complexity index is 347. The van der Waals surface area contributed by atoms with Crippen molar-refractivity contribution >= 4 is 5.82 Å². The molecule has 1 N–H and O–H groups in total. The summed E-state index contributed by atoms with van der Waals surface area (Å²) in [5.41, 5.74) is 2.31. The highest BCUT2D eigenvalue weighted by Crippen LogP contribution is 2.16. The molecule has 4 nitrogen and oxygen atoms in total. The maximum atomic E-state index is 4.58. The van der Waals surface area contributed by atoms with Gasteiger partial charge in [-0.3, -0.25) is 0 Å². The van der Waals surface area contributed by atoms with E-state index in [0.717, 1.165) is 36.8 Å². The van der Waals surface area contributed by atoms with Gasteiger partial charge in [-0.1, -0.05) is 6.92 Å². The van der Waals surface area contributed by atoms with Gasteiger partial charge in [0.25, 0.3) is 0 Å². The number of anilines is 1. The maximum absolute atomic E-state index is 4.58. The van der Waals surface area contributed by atoms with Crippen LogP contribution in [0.2, 0.25) is 0 Å². The monoisotopic (exact) mass is 222 g/mol. The number of nitrogens with zero attached hydrogens (tertiary/aromatic N) is 3. The lowest BCUT2D eigenvalue weighted by atomic mass is 10.2. The molecule has 0 unspecified atom stereocenters. The van der Waals surface area contributed by atoms with Crippen molar-refractivity contribution < 1.29 is 0 Å². The number of nitrogens with one attached hydrogen (secondary N) is 1. The molecule has 90 valence electrons. The molecule has 0 spiro atoms. The molecule has 1 aromatic heterocycles. The predicted molar refractivity (Wildman–Crippen MR) is 67.7 cm³/mol. The van der Waals surface area contributed by atoms with E-state index in [1.807, 2.05) is 14.1 Å². The van der Waals surface area contributed by atoms with Crippen molar-refractivity contribution in [1.82, 2.24) is 14.9 Å². The molecule has 0 aliphatic carbocycles. The minimum Gasteiger partial charge on any atom is -0.370 e. The topological polar surface area (TPSA) is 41.1 Å². The molecule has 0 aliphatic heterocycles. The molecule has 0 saturated heterocycles. The predicted octanol–water partition coefficient (Wildman–Crippen LogP) is 1.84. The van der Waals surface area contributed by atoms with Crippen molar-refractivity contribution in [1.29, 1.82) is 0 Å². The van der Waals surface area contributed by atoms with E-state index in [1.165, 1.54) is 5.56 Å². The number of aromatic nitrogens is 2. The highest BCUT2D eigenvalue weighted by atomic mass is 15.1. The van der Waals surface area contributed by atoms with Crippen molar-refractivity contribution in [2.75, 3.05) is 26.0 Å². The van der Waals surface area contributed by atoms with Gasteiger partial charge in [0.1, 0.15) is 11.6 Å². The zero-order chi connectivity index (χ0) is 12.1. The highest BCUT2D eigenvalue weighted by molar-refractivity contribution is 5.45. The average molecular weight is 222 g/mol. The van der Waals surface area contributed by atoms with Crippen LogP contribution in [-0.2, 0) is 13.0 Å².